The predicted octanol–water partition coefficient (Wildman–Crippen LogP) is 5.90. The minimum atomic E-state index is -0.385. The standard InChI is InChI=1S/C28H26N4O3/c1-31(26-15-9-8-14-23(26)20-30-28(33)22-12-6-3-7-13-22)24-16-17-27(32(34)35)25(18-24)29-19-21-10-4-2-5-11-21/h2-18,29H,19-20H2,1H3,(H,30,33). The van der Waals surface area contributed by atoms with Crippen LogP contribution in [0.5, 0.6) is 0 Å². The van der Waals surface area contributed by atoms with Crippen molar-refractivity contribution in [1.29, 1.82) is 0 Å². The maximum Gasteiger partial charge on any atom is 0.292 e. The number of anilines is 3. The molecule has 0 radical (unpaired) electrons. The number of para-hydroxylation sites is 1. The van der Waals surface area contributed by atoms with Crippen LogP contribution in [0.3, 0.4) is 0 Å². The number of nitrogens with one attached hydrogen (secondary N) is 2. The van der Waals surface area contributed by atoms with Crippen LogP contribution < -0.4 is 15.5 Å². The van der Waals surface area contributed by atoms with Gasteiger partial charge in [-0.1, -0.05) is 66.7 Å². The second-order valence-corrected chi connectivity index (χ2v) is 8.03. The molecule has 7 nitrogen and oxygen atoms in total. The van der Waals surface area contributed by atoms with E-state index in [1.165, 1.54) is 6.07 Å². The number of rotatable bonds is 9. The highest BCUT2D eigenvalue weighted by Gasteiger charge is 2.17. The zero-order valence-corrected chi connectivity index (χ0v) is 19.3. The minimum Gasteiger partial charge on any atom is -0.375 e. The van der Waals surface area contributed by atoms with E-state index in [9.17, 15) is 14.9 Å². The molecule has 0 spiro atoms. The monoisotopic (exact) mass is 466 g/mol. The average Bonchev–Trinajstić information content (AvgIpc) is 2.91. The molecule has 0 aromatic heterocycles. The zero-order chi connectivity index (χ0) is 24.6. The van der Waals surface area contributed by atoms with Crippen LogP contribution in [-0.2, 0) is 13.1 Å². The third kappa shape index (κ3) is 5.83. The van der Waals surface area contributed by atoms with Crippen molar-refractivity contribution in [3.05, 3.63) is 130 Å². The molecule has 7 heteroatoms. The van der Waals surface area contributed by atoms with Gasteiger partial charge in [0, 0.05) is 43.1 Å². The van der Waals surface area contributed by atoms with Crippen molar-refractivity contribution in [2.75, 3.05) is 17.3 Å². The maximum absolute atomic E-state index is 12.5. The van der Waals surface area contributed by atoms with Crippen LogP contribution in [-0.4, -0.2) is 17.9 Å². The molecule has 0 bridgehead atoms. The maximum atomic E-state index is 12.5. The molecule has 0 aliphatic rings. The number of nitro benzene ring substituents is 1. The molecule has 0 fully saturated rings. The summed E-state index contributed by atoms with van der Waals surface area (Å²) < 4.78 is 0. The predicted molar refractivity (Wildman–Crippen MR) is 139 cm³/mol. The smallest absolute Gasteiger partial charge is 0.292 e. The van der Waals surface area contributed by atoms with Gasteiger partial charge in [-0.15, -0.1) is 0 Å². The Labute approximate surface area is 204 Å². The van der Waals surface area contributed by atoms with E-state index < -0.39 is 0 Å². The van der Waals surface area contributed by atoms with E-state index in [-0.39, 0.29) is 16.5 Å². The number of benzene rings is 4. The van der Waals surface area contributed by atoms with Crippen molar-refractivity contribution in [2.24, 2.45) is 0 Å². The summed E-state index contributed by atoms with van der Waals surface area (Å²) in [4.78, 5) is 25.7. The van der Waals surface area contributed by atoms with Gasteiger partial charge in [0.15, 0.2) is 0 Å². The third-order valence-electron chi connectivity index (χ3n) is 5.72. The van der Waals surface area contributed by atoms with Gasteiger partial charge < -0.3 is 15.5 Å². The molecular formula is C28H26N4O3. The van der Waals surface area contributed by atoms with E-state index in [2.05, 4.69) is 10.6 Å². The van der Waals surface area contributed by atoms with E-state index in [1.54, 1.807) is 24.3 Å². The number of nitrogens with zero attached hydrogens (tertiary/aromatic N) is 2. The Hall–Kier alpha value is -4.65. The van der Waals surface area contributed by atoms with Crippen molar-refractivity contribution in [1.82, 2.24) is 5.32 Å². The van der Waals surface area contributed by atoms with Gasteiger partial charge in [-0.25, -0.2) is 0 Å². The molecule has 0 atom stereocenters. The molecule has 4 rings (SSSR count). The Bertz CT molecular complexity index is 1310. The first-order valence-corrected chi connectivity index (χ1v) is 11.2. The van der Waals surface area contributed by atoms with Gasteiger partial charge in [-0.2, -0.15) is 0 Å². The molecule has 0 saturated heterocycles. The van der Waals surface area contributed by atoms with E-state index in [1.807, 2.05) is 84.7 Å². The van der Waals surface area contributed by atoms with Crippen LogP contribution in [0.15, 0.2) is 103 Å². The first kappa shape index (κ1) is 23.5. The quantitative estimate of drug-likeness (QED) is 0.237. The molecule has 4 aromatic carbocycles. The van der Waals surface area contributed by atoms with Crippen molar-refractivity contribution >= 4 is 28.7 Å². The van der Waals surface area contributed by atoms with E-state index >= 15 is 0 Å². The number of nitro groups is 1. The van der Waals surface area contributed by atoms with Crippen molar-refractivity contribution < 1.29 is 9.72 Å². The lowest BCUT2D eigenvalue weighted by atomic mass is 10.1. The van der Waals surface area contributed by atoms with E-state index in [0.717, 1.165) is 22.5 Å². The second-order valence-electron chi connectivity index (χ2n) is 8.03. The summed E-state index contributed by atoms with van der Waals surface area (Å²) in [5, 5.41) is 17.8. The average molecular weight is 467 g/mol. The Morgan fingerprint density at radius 3 is 2.23 bits per heavy atom. The number of hydrogen-bond donors (Lipinski definition) is 2. The summed E-state index contributed by atoms with van der Waals surface area (Å²) in [7, 11) is 1.90. The summed E-state index contributed by atoms with van der Waals surface area (Å²) in [5.41, 5.74) is 4.69. The summed E-state index contributed by atoms with van der Waals surface area (Å²) in [6.45, 7) is 0.817. The first-order valence-electron chi connectivity index (χ1n) is 11.2. The van der Waals surface area contributed by atoms with Crippen molar-refractivity contribution in [3.63, 3.8) is 0 Å². The molecule has 2 N–H and O–H groups in total. The topological polar surface area (TPSA) is 87.5 Å². The number of carbonyl (C=O) groups is 1. The fourth-order valence-electron chi connectivity index (χ4n) is 3.82. The van der Waals surface area contributed by atoms with E-state index in [0.29, 0.717) is 24.3 Å². The molecule has 0 heterocycles. The normalized spacial score (nSPS) is 10.4. The molecule has 0 unspecified atom stereocenters. The summed E-state index contributed by atoms with van der Waals surface area (Å²) >= 11 is 0. The van der Waals surface area contributed by atoms with Gasteiger partial charge in [0.2, 0.25) is 0 Å². The SMILES string of the molecule is CN(c1ccc([N+](=O)[O-])c(NCc2ccccc2)c1)c1ccccc1CNC(=O)c1ccccc1. The fourth-order valence-corrected chi connectivity index (χ4v) is 3.82. The highest BCUT2D eigenvalue weighted by atomic mass is 16.6. The molecule has 0 aliphatic carbocycles. The lowest BCUT2D eigenvalue weighted by Crippen LogP contribution is -2.24. The van der Waals surface area contributed by atoms with Gasteiger partial charge in [-0.3, -0.25) is 14.9 Å². The highest BCUT2D eigenvalue weighted by Crippen LogP contribution is 2.33. The highest BCUT2D eigenvalue weighted by molar-refractivity contribution is 5.94. The molecule has 4 aromatic rings. The number of carbonyl (C=O) groups excluding carboxylic acids is 1. The zero-order valence-electron chi connectivity index (χ0n) is 19.3. The summed E-state index contributed by atoms with van der Waals surface area (Å²) in [6.07, 6.45) is 0. The third-order valence-corrected chi connectivity index (χ3v) is 5.72. The first-order chi connectivity index (χ1) is 17.0. The van der Waals surface area contributed by atoms with Crippen LogP contribution in [0.4, 0.5) is 22.7 Å². The number of hydrogen-bond acceptors (Lipinski definition) is 5. The van der Waals surface area contributed by atoms with Gasteiger partial charge in [-0.05, 0) is 41.5 Å². The number of amides is 1. The summed E-state index contributed by atoms with van der Waals surface area (Å²) in [6, 6.07) is 31.6. The van der Waals surface area contributed by atoms with Gasteiger partial charge >= 0.3 is 0 Å². The summed E-state index contributed by atoms with van der Waals surface area (Å²) in [5.74, 6) is -0.147. The Kier molecular flexibility index (Phi) is 7.37. The lowest BCUT2D eigenvalue weighted by Gasteiger charge is -2.23. The molecule has 0 saturated carbocycles. The second kappa shape index (κ2) is 11.0. The molecule has 0 aliphatic heterocycles. The van der Waals surface area contributed by atoms with Gasteiger partial charge in [0.25, 0.3) is 11.6 Å². The molecular weight excluding hydrogens is 440 g/mol. The largest absolute Gasteiger partial charge is 0.375 e. The van der Waals surface area contributed by atoms with Crippen molar-refractivity contribution in [2.45, 2.75) is 13.1 Å². The molecule has 176 valence electrons. The van der Waals surface area contributed by atoms with Gasteiger partial charge in [0.05, 0.1) is 4.92 Å². The van der Waals surface area contributed by atoms with E-state index in [4.69, 9.17) is 0 Å². The van der Waals surface area contributed by atoms with Crippen LogP contribution in [0.1, 0.15) is 21.5 Å². The molecule has 35 heavy (non-hydrogen) atoms. The van der Waals surface area contributed by atoms with Crippen LogP contribution in [0.25, 0.3) is 0 Å². The van der Waals surface area contributed by atoms with Crippen LogP contribution in [0, 0.1) is 10.1 Å². The van der Waals surface area contributed by atoms with Gasteiger partial charge in [0.1, 0.15) is 5.69 Å². The minimum absolute atomic E-state index is 0.0153. The van der Waals surface area contributed by atoms with Crippen LogP contribution in [0.2, 0.25) is 0 Å². The lowest BCUT2D eigenvalue weighted by molar-refractivity contribution is -0.384. The Morgan fingerprint density at radius 2 is 1.51 bits per heavy atom. The fraction of sp³-hybridized carbons (Fsp3) is 0.107. The van der Waals surface area contributed by atoms with Crippen LogP contribution >= 0.6 is 0 Å². The Balaban J connectivity index is 1.55. The Morgan fingerprint density at radius 1 is 0.857 bits per heavy atom. The van der Waals surface area contributed by atoms with Crippen molar-refractivity contribution in [3.8, 4) is 0 Å². The molecule has 1 amide bonds.